The molecule has 0 amide bonds. The summed E-state index contributed by atoms with van der Waals surface area (Å²) in [5.74, 6) is -0.626. The van der Waals surface area contributed by atoms with Gasteiger partial charge in [0, 0.05) is 6.54 Å². The zero-order chi connectivity index (χ0) is 15.0. The predicted octanol–water partition coefficient (Wildman–Crippen LogP) is 0.462. The van der Waals surface area contributed by atoms with Gasteiger partial charge in [-0.1, -0.05) is 0 Å². The normalized spacial score (nSPS) is 21.8. The van der Waals surface area contributed by atoms with Crippen LogP contribution in [0.1, 0.15) is 12.8 Å². The molecule has 1 aliphatic heterocycles. The van der Waals surface area contributed by atoms with Crippen LogP contribution in [0.4, 0.5) is 10.1 Å². The van der Waals surface area contributed by atoms with Crippen molar-refractivity contribution in [1.29, 1.82) is 0 Å². The number of nitrogens with two attached hydrogens (primary N) is 1. The van der Waals surface area contributed by atoms with Crippen LogP contribution in [0.25, 0.3) is 0 Å². The number of benzene rings is 1. The van der Waals surface area contributed by atoms with Gasteiger partial charge in [-0.2, -0.15) is 0 Å². The lowest BCUT2D eigenvalue weighted by atomic mass is 10.2. The smallest absolute Gasteiger partial charge is 0.238 e. The molecular formula is C11H15FN2O4S2. The highest BCUT2D eigenvalue weighted by molar-refractivity contribution is 7.92. The third-order valence-electron chi connectivity index (χ3n) is 3.25. The molecule has 1 saturated heterocycles. The minimum absolute atomic E-state index is 0.0551. The Labute approximate surface area is 117 Å². The van der Waals surface area contributed by atoms with Crippen molar-refractivity contribution >= 4 is 25.5 Å². The van der Waals surface area contributed by atoms with E-state index >= 15 is 0 Å². The topological polar surface area (TPSA) is 106 Å². The van der Waals surface area contributed by atoms with Crippen LogP contribution in [-0.2, 0) is 19.9 Å². The fourth-order valence-corrected chi connectivity index (χ4v) is 4.42. The van der Waals surface area contributed by atoms with Gasteiger partial charge in [0.05, 0.1) is 21.6 Å². The van der Waals surface area contributed by atoms with Gasteiger partial charge < -0.3 is 5.32 Å². The molecule has 6 nitrogen and oxygen atoms in total. The van der Waals surface area contributed by atoms with E-state index in [-0.39, 0.29) is 22.9 Å². The van der Waals surface area contributed by atoms with Crippen molar-refractivity contribution in [3.63, 3.8) is 0 Å². The summed E-state index contributed by atoms with van der Waals surface area (Å²) < 4.78 is 59.1. The number of nitrogens with one attached hydrogen (secondary N) is 1. The summed E-state index contributed by atoms with van der Waals surface area (Å²) in [5, 5.41) is 7.06. The van der Waals surface area contributed by atoms with Crippen molar-refractivity contribution < 1.29 is 21.2 Å². The molecule has 20 heavy (non-hydrogen) atoms. The number of primary sulfonamides is 1. The van der Waals surface area contributed by atoms with Crippen LogP contribution in [0.3, 0.4) is 0 Å². The van der Waals surface area contributed by atoms with Crippen molar-refractivity contribution in [2.24, 2.45) is 5.14 Å². The minimum Gasteiger partial charge on any atom is -0.381 e. The Bertz CT molecular complexity index is 716. The summed E-state index contributed by atoms with van der Waals surface area (Å²) in [6.45, 7) is 0.105. The van der Waals surface area contributed by atoms with E-state index in [4.69, 9.17) is 5.14 Å². The van der Waals surface area contributed by atoms with Gasteiger partial charge in [-0.05, 0) is 31.0 Å². The maximum absolute atomic E-state index is 13.7. The Kier molecular flexibility index (Phi) is 4.03. The molecule has 1 atom stereocenters. The van der Waals surface area contributed by atoms with Gasteiger partial charge in [-0.15, -0.1) is 0 Å². The number of halogens is 1. The lowest BCUT2D eigenvalue weighted by molar-refractivity contribution is 0.590. The van der Waals surface area contributed by atoms with Crippen molar-refractivity contribution in [3.05, 3.63) is 24.0 Å². The molecule has 0 aliphatic carbocycles. The maximum Gasteiger partial charge on any atom is 0.238 e. The standard InChI is InChI=1S/C11H15FN2O4S2/c12-10-6-8(20(13,17)18)3-4-11(10)14-7-9-2-1-5-19(9,15)16/h3-4,6,9,14H,1-2,5,7H2,(H2,13,17,18). The second-order valence-electron chi connectivity index (χ2n) is 4.70. The van der Waals surface area contributed by atoms with Gasteiger partial charge in [0.25, 0.3) is 0 Å². The molecule has 2 rings (SSSR count). The Morgan fingerprint density at radius 3 is 2.60 bits per heavy atom. The molecule has 0 aromatic heterocycles. The Hall–Kier alpha value is -1.19. The van der Waals surface area contributed by atoms with E-state index in [1.54, 1.807) is 0 Å². The van der Waals surface area contributed by atoms with Crippen LogP contribution < -0.4 is 10.5 Å². The fraction of sp³-hybridized carbons (Fsp3) is 0.455. The largest absolute Gasteiger partial charge is 0.381 e. The quantitative estimate of drug-likeness (QED) is 0.837. The van der Waals surface area contributed by atoms with Crippen LogP contribution in [0.5, 0.6) is 0 Å². The highest BCUT2D eigenvalue weighted by Crippen LogP contribution is 2.22. The minimum atomic E-state index is -3.95. The molecule has 1 heterocycles. The summed E-state index contributed by atoms with van der Waals surface area (Å²) in [7, 11) is -7.06. The van der Waals surface area contributed by atoms with Crippen molar-refractivity contribution in [1.82, 2.24) is 0 Å². The molecule has 9 heteroatoms. The predicted molar refractivity (Wildman–Crippen MR) is 73.1 cm³/mol. The van der Waals surface area contributed by atoms with Crippen LogP contribution in [0.2, 0.25) is 0 Å². The lowest BCUT2D eigenvalue weighted by Gasteiger charge is -2.13. The van der Waals surface area contributed by atoms with E-state index in [2.05, 4.69) is 5.32 Å². The number of rotatable bonds is 4. The molecule has 0 spiro atoms. The number of hydrogen-bond acceptors (Lipinski definition) is 5. The zero-order valence-electron chi connectivity index (χ0n) is 10.5. The first-order valence-electron chi connectivity index (χ1n) is 5.98. The number of sulfone groups is 1. The lowest BCUT2D eigenvalue weighted by Crippen LogP contribution is -2.25. The SMILES string of the molecule is NS(=O)(=O)c1ccc(NCC2CCCS2(=O)=O)c(F)c1. The van der Waals surface area contributed by atoms with Gasteiger partial charge in [0.1, 0.15) is 5.82 Å². The highest BCUT2D eigenvalue weighted by Gasteiger charge is 2.31. The number of sulfonamides is 1. The van der Waals surface area contributed by atoms with Crippen LogP contribution in [0, 0.1) is 5.82 Å². The first kappa shape index (κ1) is 15.2. The van der Waals surface area contributed by atoms with E-state index in [1.165, 1.54) is 12.1 Å². The zero-order valence-corrected chi connectivity index (χ0v) is 12.2. The highest BCUT2D eigenvalue weighted by atomic mass is 32.2. The van der Waals surface area contributed by atoms with Crippen LogP contribution >= 0.6 is 0 Å². The third-order valence-corrected chi connectivity index (χ3v) is 6.44. The number of anilines is 1. The maximum atomic E-state index is 13.7. The van der Waals surface area contributed by atoms with E-state index in [0.717, 1.165) is 6.07 Å². The third kappa shape index (κ3) is 3.28. The molecule has 1 unspecified atom stereocenters. The number of hydrogen-bond donors (Lipinski definition) is 2. The van der Waals surface area contributed by atoms with Gasteiger partial charge in [0.15, 0.2) is 9.84 Å². The molecule has 1 fully saturated rings. The average molecular weight is 322 g/mol. The molecule has 3 N–H and O–H groups in total. The van der Waals surface area contributed by atoms with E-state index in [9.17, 15) is 21.2 Å². The van der Waals surface area contributed by atoms with Crippen molar-refractivity contribution in [2.45, 2.75) is 23.0 Å². The molecule has 112 valence electrons. The van der Waals surface area contributed by atoms with E-state index in [1.807, 2.05) is 0 Å². The van der Waals surface area contributed by atoms with E-state index in [0.29, 0.717) is 12.8 Å². The molecule has 0 saturated carbocycles. The average Bonchev–Trinajstić information content (AvgIpc) is 2.65. The summed E-state index contributed by atoms with van der Waals surface area (Å²) >= 11 is 0. The molecule has 0 radical (unpaired) electrons. The van der Waals surface area contributed by atoms with Crippen LogP contribution in [0.15, 0.2) is 23.1 Å². The van der Waals surface area contributed by atoms with Gasteiger partial charge >= 0.3 is 0 Å². The molecule has 1 aromatic rings. The fourth-order valence-electron chi connectivity index (χ4n) is 2.13. The summed E-state index contributed by atoms with van der Waals surface area (Å²) in [5.41, 5.74) is 0.0551. The monoisotopic (exact) mass is 322 g/mol. The Balaban J connectivity index is 2.11. The summed E-state index contributed by atoms with van der Waals surface area (Å²) in [6, 6.07) is 3.21. The molecule has 0 bridgehead atoms. The first-order chi connectivity index (χ1) is 9.20. The van der Waals surface area contributed by atoms with E-state index < -0.39 is 30.9 Å². The second-order valence-corrected chi connectivity index (χ2v) is 8.66. The van der Waals surface area contributed by atoms with Gasteiger partial charge in [-0.3, -0.25) is 0 Å². The van der Waals surface area contributed by atoms with Crippen molar-refractivity contribution in [3.8, 4) is 0 Å². The Morgan fingerprint density at radius 1 is 1.40 bits per heavy atom. The second kappa shape index (κ2) is 5.30. The summed E-state index contributed by atoms with van der Waals surface area (Å²) in [4.78, 5) is -0.325. The molecular weight excluding hydrogens is 307 g/mol. The van der Waals surface area contributed by atoms with Crippen molar-refractivity contribution in [2.75, 3.05) is 17.6 Å². The van der Waals surface area contributed by atoms with Gasteiger partial charge in [0.2, 0.25) is 10.0 Å². The molecule has 1 aliphatic rings. The van der Waals surface area contributed by atoms with Gasteiger partial charge in [-0.25, -0.2) is 26.4 Å². The summed E-state index contributed by atoms with van der Waals surface area (Å²) in [6.07, 6.45) is 1.16. The van der Waals surface area contributed by atoms with Crippen LogP contribution in [-0.4, -0.2) is 34.4 Å². The first-order valence-corrected chi connectivity index (χ1v) is 9.24. The molecule has 1 aromatic carbocycles. The Morgan fingerprint density at radius 2 is 2.10 bits per heavy atom.